The lowest BCUT2D eigenvalue weighted by atomic mass is 10.2. The molecule has 2 rings (SSSR count). The molecular formula is C17H21BrN2O. The molecule has 3 nitrogen and oxygen atoms in total. The van der Waals surface area contributed by atoms with Crippen molar-refractivity contribution in [3.8, 4) is 0 Å². The predicted molar refractivity (Wildman–Crippen MR) is 80.3 cm³/mol. The maximum absolute atomic E-state index is 11.9. The molecule has 0 unspecified atom stereocenters. The highest BCUT2D eigenvalue weighted by atomic mass is 79.9. The van der Waals surface area contributed by atoms with Gasteiger partial charge in [-0.15, -0.1) is 0 Å². The van der Waals surface area contributed by atoms with Gasteiger partial charge in [0, 0.05) is 30.7 Å². The van der Waals surface area contributed by atoms with Crippen molar-refractivity contribution in [2.75, 3.05) is 5.32 Å². The molecule has 0 spiro atoms. The highest BCUT2D eigenvalue weighted by molar-refractivity contribution is 5.91. The van der Waals surface area contributed by atoms with Gasteiger partial charge in [-0.05, 0) is 25.0 Å². The van der Waals surface area contributed by atoms with Gasteiger partial charge in [-0.2, -0.15) is 0 Å². The lowest BCUT2D eigenvalue weighted by Crippen LogP contribution is -3.00. The SMILES string of the molecule is Cc1ccccc1NC(=O)CCCC[n+]1ccccc1.[Br-]. The first-order valence-corrected chi connectivity index (χ1v) is 7.05. The number of aryl methyl sites for hydroxylation is 2. The summed E-state index contributed by atoms with van der Waals surface area (Å²) in [6.07, 6.45) is 6.58. The molecule has 0 aliphatic heterocycles. The monoisotopic (exact) mass is 348 g/mol. The minimum absolute atomic E-state index is 0. The first kappa shape index (κ1) is 17.4. The summed E-state index contributed by atoms with van der Waals surface area (Å²) < 4.78 is 2.14. The molecule has 0 radical (unpaired) electrons. The van der Waals surface area contributed by atoms with Crippen LogP contribution in [0.2, 0.25) is 0 Å². The summed E-state index contributed by atoms with van der Waals surface area (Å²) in [5.74, 6) is 0.0948. The number of para-hydroxylation sites is 1. The molecule has 0 aliphatic rings. The topological polar surface area (TPSA) is 33.0 Å². The number of carbonyl (C=O) groups excluding carboxylic acids is 1. The van der Waals surface area contributed by atoms with Crippen LogP contribution in [0.5, 0.6) is 0 Å². The van der Waals surface area contributed by atoms with E-state index in [4.69, 9.17) is 0 Å². The highest BCUT2D eigenvalue weighted by Crippen LogP contribution is 2.13. The van der Waals surface area contributed by atoms with Gasteiger partial charge in [-0.25, -0.2) is 4.57 Å². The van der Waals surface area contributed by atoms with E-state index >= 15 is 0 Å². The van der Waals surface area contributed by atoms with Crippen molar-refractivity contribution in [3.63, 3.8) is 0 Å². The molecule has 1 N–H and O–H groups in total. The number of amides is 1. The number of carbonyl (C=O) groups is 1. The molecule has 21 heavy (non-hydrogen) atoms. The molecule has 1 amide bonds. The van der Waals surface area contributed by atoms with Crippen LogP contribution in [0.3, 0.4) is 0 Å². The Morgan fingerprint density at radius 3 is 2.48 bits per heavy atom. The second-order valence-electron chi connectivity index (χ2n) is 4.93. The van der Waals surface area contributed by atoms with E-state index in [0.29, 0.717) is 6.42 Å². The molecule has 2 aromatic rings. The molecule has 0 saturated heterocycles. The van der Waals surface area contributed by atoms with Crippen LogP contribution >= 0.6 is 0 Å². The maximum Gasteiger partial charge on any atom is 0.224 e. The van der Waals surface area contributed by atoms with E-state index in [2.05, 4.69) is 9.88 Å². The Bertz CT molecular complexity index is 558. The second-order valence-corrected chi connectivity index (χ2v) is 4.93. The predicted octanol–water partition coefficient (Wildman–Crippen LogP) is 0.0955. The first-order valence-electron chi connectivity index (χ1n) is 7.05. The van der Waals surface area contributed by atoms with Gasteiger partial charge in [0.2, 0.25) is 5.91 Å². The quantitative estimate of drug-likeness (QED) is 0.582. The summed E-state index contributed by atoms with van der Waals surface area (Å²) in [4.78, 5) is 11.9. The lowest BCUT2D eigenvalue weighted by molar-refractivity contribution is -0.697. The summed E-state index contributed by atoms with van der Waals surface area (Å²) in [5.41, 5.74) is 2.01. The fourth-order valence-corrected chi connectivity index (χ4v) is 2.09. The molecule has 0 fully saturated rings. The van der Waals surface area contributed by atoms with Crippen LogP contribution in [0, 0.1) is 6.92 Å². The number of rotatable bonds is 6. The molecule has 0 bridgehead atoms. The average molecular weight is 349 g/mol. The minimum atomic E-state index is 0. The van der Waals surface area contributed by atoms with E-state index in [0.717, 1.165) is 30.6 Å². The normalized spacial score (nSPS) is 9.76. The Hall–Kier alpha value is -1.68. The third-order valence-electron chi connectivity index (χ3n) is 3.27. The Balaban J connectivity index is 0.00000220. The van der Waals surface area contributed by atoms with E-state index < -0.39 is 0 Å². The molecule has 1 aromatic carbocycles. The van der Waals surface area contributed by atoms with Crippen molar-refractivity contribution in [3.05, 3.63) is 60.4 Å². The standard InChI is InChI=1S/C17H20N2O.BrH/c1-15-9-3-4-10-16(15)18-17(20)11-5-8-14-19-12-6-2-7-13-19;/h2-4,6-7,9-10,12-13H,5,8,11,14H2,1H3;1H. The molecule has 1 aromatic heterocycles. The van der Waals surface area contributed by atoms with Crippen LogP contribution in [0.15, 0.2) is 54.9 Å². The number of unbranched alkanes of at least 4 members (excludes halogenated alkanes) is 1. The van der Waals surface area contributed by atoms with Crippen molar-refractivity contribution in [1.82, 2.24) is 0 Å². The third kappa shape index (κ3) is 6.08. The van der Waals surface area contributed by atoms with Gasteiger partial charge >= 0.3 is 0 Å². The number of pyridine rings is 1. The van der Waals surface area contributed by atoms with Crippen LogP contribution in [0.25, 0.3) is 0 Å². The number of hydrogen-bond acceptors (Lipinski definition) is 1. The molecule has 0 atom stereocenters. The molecule has 1 heterocycles. The maximum atomic E-state index is 11.9. The van der Waals surface area contributed by atoms with Crippen molar-refractivity contribution >= 4 is 11.6 Å². The highest BCUT2D eigenvalue weighted by Gasteiger charge is 2.05. The molecular weight excluding hydrogens is 328 g/mol. The Kier molecular flexibility index (Phi) is 7.69. The number of halogens is 1. The molecule has 112 valence electrons. The molecule has 0 aliphatic carbocycles. The zero-order valence-electron chi connectivity index (χ0n) is 12.3. The zero-order valence-corrected chi connectivity index (χ0v) is 13.8. The van der Waals surface area contributed by atoms with Crippen LogP contribution in [-0.4, -0.2) is 5.91 Å². The number of nitrogens with one attached hydrogen (secondary N) is 1. The fraction of sp³-hybridized carbons (Fsp3) is 0.294. The number of anilines is 1. The molecule has 4 heteroatoms. The number of aromatic nitrogens is 1. The van der Waals surface area contributed by atoms with E-state index in [-0.39, 0.29) is 22.9 Å². The zero-order chi connectivity index (χ0) is 14.2. The van der Waals surface area contributed by atoms with E-state index in [1.807, 2.05) is 61.8 Å². The summed E-state index contributed by atoms with van der Waals surface area (Å²) in [6.45, 7) is 2.96. The van der Waals surface area contributed by atoms with Crippen molar-refractivity contribution in [2.45, 2.75) is 32.7 Å². The summed E-state index contributed by atoms with van der Waals surface area (Å²) >= 11 is 0. The Morgan fingerprint density at radius 1 is 1.05 bits per heavy atom. The summed E-state index contributed by atoms with van der Waals surface area (Å²) in [7, 11) is 0. The van der Waals surface area contributed by atoms with Gasteiger partial charge in [0.25, 0.3) is 0 Å². The Labute approximate surface area is 136 Å². The smallest absolute Gasteiger partial charge is 0.224 e. The number of nitrogens with zero attached hydrogens (tertiary/aromatic N) is 1. The minimum Gasteiger partial charge on any atom is -1.00 e. The van der Waals surface area contributed by atoms with E-state index in [1.54, 1.807) is 0 Å². The number of benzene rings is 1. The average Bonchev–Trinajstić information content (AvgIpc) is 2.47. The van der Waals surface area contributed by atoms with Gasteiger partial charge in [-0.3, -0.25) is 4.79 Å². The van der Waals surface area contributed by atoms with Gasteiger partial charge in [0.15, 0.2) is 12.4 Å². The Morgan fingerprint density at radius 2 is 1.76 bits per heavy atom. The van der Waals surface area contributed by atoms with Crippen LogP contribution in [0.4, 0.5) is 5.69 Å². The van der Waals surface area contributed by atoms with Gasteiger partial charge in [0.1, 0.15) is 6.54 Å². The van der Waals surface area contributed by atoms with Gasteiger partial charge in [0.05, 0.1) is 0 Å². The van der Waals surface area contributed by atoms with Gasteiger partial charge < -0.3 is 22.3 Å². The van der Waals surface area contributed by atoms with Crippen molar-refractivity contribution in [2.24, 2.45) is 0 Å². The first-order chi connectivity index (χ1) is 9.75. The molecule has 0 saturated carbocycles. The van der Waals surface area contributed by atoms with Crippen molar-refractivity contribution < 1.29 is 26.3 Å². The lowest BCUT2D eigenvalue weighted by Gasteiger charge is -2.07. The van der Waals surface area contributed by atoms with Crippen LogP contribution in [0.1, 0.15) is 24.8 Å². The summed E-state index contributed by atoms with van der Waals surface area (Å²) in [5, 5.41) is 2.96. The van der Waals surface area contributed by atoms with E-state index in [9.17, 15) is 4.79 Å². The summed E-state index contributed by atoms with van der Waals surface area (Å²) in [6, 6.07) is 13.9. The van der Waals surface area contributed by atoms with E-state index in [1.165, 1.54) is 0 Å². The van der Waals surface area contributed by atoms with Gasteiger partial charge in [-0.1, -0.05) is 24.3 Å². The van der Waals surface area contributed by atoms with Crippen LogP contribution < -0.4 is 26.9 Å². The van der Waals surface area contributed by atoms with Crippen molar-refractivity contribution in [1.29, 1.82) is 0 Å². The number of hydrogen-bond donors (Lipinski definition) is 1. The largest absolute Gasteiger partial charge is 1.00 e. The fourth-order valence-electron chi connectivity index (χ4n) is 2.09. The third-order valence-corrected chi connectivity index (χ3v) is 3.27. The van der Waals surface area contributed by atoms with Crippen LogP contribution in [-0.2, 0) is 11.3 Å². The second kappa shape index (κ2) is 9.29.